The minimum atomic E-state index is 0.663. The Hall–Kier alpha value is -1.18. The summed E-state index contributed by atoms with van der Waals surface area (Å²) in [6, 6.07) is 0. The van der Waals surface area contributed by atoms with Crippen molar-refractivity contribution in [2.75, 3.05) is 13.2 Å². The molecule has 0 spiro atoms. The number of allylic oxidation sites excluding steroid dienone is 4. The summed E-state index contributed by atoms with van der Waals surface area (Å²) in [5.74, 6) is 1.77. The van der Waals surface area contributed by atoms with Crippen LogP contribution < -0.4 is 0 Å². The van der Waals surface area contributed by atoms with E-state index >= 15 is 0 Å². The first-order valence-electron chi connectivity index (χ1n) is 4.20. The van der Waals surface area contributed by atoms with Crippen molar-refractivity contribution in [2.45, 2.75) is 13.3 Å². The molecule has 0 atom stereocenters. The lowest BCUT2D eigenvalue weighted by molar-refractivity contribution is 0.0594. The fraction of sp³-hybridized carbons (Fsp3) is 0.400. The molecule has 2 aliphatic rings. The zero-order chi connectivity index (χ0) is 8.39. The highest BCUT2D eigenvalue weighted by Crippen LogP contribution is 2.22. The van der Waals surface area contributed by atoms with Gasteiger partial charge in [0.25, 0.3) is 0 Å². The number of rotatable bonds is 0. The number of fused-ring (bicyclic) bond motifs is 1. The molecular weight excluding hydrogens is 152 g/mol. The standard InChI is InChI=1S/C10H12O2/c1-8-2-4-9-10(5-3-8)12-7-6-11-9/h2,4-5H,3,6-7H2,1H3. The van der Waals surface area contributed by atoms with Gasteiger partial charge in [0.15, 0.2) is 11.5 Å². The Morgan fingerprint density at radius 2 is 1.83 bits per heavy atom. The maximum atomic E-state index is 5.44. The van der Waals surface area contributed by atoms with Crippen molar-refractivity contribution < 1.29 is 9.47 Å². The van der Waals surface area contributed by atoms with Crippen molar-refractivity contribution in [1.29, 1.82) is 0 Å². The third-order valence-corrected chi connectivity index (χ3v) is 1.97. The molecule has 1 saturated heterocycles. The van der Waals surface area contributed by atoms with Gasteiger partial charge in [-0.3, -0.25) is 0 Å². The molecule has 1 fully saturated rings. The summed E-state index contributed by atoms with van der Waals surface area (Å²) in [6.07, 6.45) is 7.09. The van der Waals surface area contributed by atoms with E-state index in [1.54, 1.807) is 0 Å². The van der Waals surface area contributed by atoms with E-state index in [2.05, 4.69) is 19.1 Å². The van der Waals surface area contributed by atoms with Crippen molar-refractivity contribution in [3.63, 3.8) is 0 Å². The molecule has 0 aromatic carbocycles. The van der Waals surface area contributed by atoms with Gasteiger partial charge in [0.1, 0.15) is 13.2 Å². The van der Waals surface area contributed by atoms with Gasteiger partial charge in [-0.15, -0.1) is 0 Å². The molecule has 0 saturated carbocycles. The van der Waals surface area contributed by atoms with Crippen LogP contribution in [0.4, 0.5) is 0 Å². The second kappa shape index (κ2) is 3.05. The summed E-state index contributed by atoms with van der Waals surface area (Å²) in [5.41, 5.74) is 1.33. The smallest absolute Gasteiger partial charge is 0.161 e. The summed E-state index contributed by atoms with van der Waals surface area (Å²) in [4.78, 5) is 0. The molecule has 0 bridgehead atoms. The molecule has 1 aliphatic carbocycles. The molecule has 0 radical (unpaired) electrons. The fourth-order valence-electron chi connectivity index (χ4n) is 1.27. The topological polar surface area (TPSA) is 18.5 Å². The third kappa shape index (κ3) is 1.37. The lowest BCUT2D eigenvalue weighted by Gasteiger charge is -2.19. The van der Waals surface area contributed by atoms with E-state index in [0.29, 0.717) is 13.2 Å². The minimum Gasteiger partial charge on any atom is -0.486 e. The van der Waals surface area contributed by atoms with E-state index < -0.39 is 0 Å². The molecule has 0 aromatic rings. The van der Waals surface area contributed by atoms with Gasteiger partial charge in [-0.05, 0) is 25.5 Å². The first-order chi connectivity index (χ1) is 5.86. The number of hydrogen-bond donors (Lipinski definition) is 0. The van der Waals surface area contributed by atoms with E-state index in [0.717, 1.165) is 17.9 Å². The normalized spacial score (nSPS) is 21.9. The maximum absolute atomic E-state index is 5.44. The van der Waals surface area contributed by atoms with Crippen LogP contribution in [0, 0.1) is 0 Å². The molecule has 64 valence electrons. The van der Waals surface area contributed by atoms with E-state index in [1.807, 2.05) is 6.08 Å². The summed E-state index contributed by atoms with van der Waals surface area (Å²) < 4.78 is 10.9. The van der Waals surface area contributed by atoms with Crippen LogP contribution in [0.5, 0.6) is 0 Å². The van der Waals surface area contributed by atoms with Gasteiger partial charge in [0, 0.05) is 0 Å². The molecule has 2 heteroatoms. The number of hydrogen-bond acceptors (Lipinski definition) is 2. The van der Waals surface area contributed by atoms with Crippen LogP contribution in [-0.4, -0.2) is 13.2 Å². The molecular formula is C10H12O2. The Bertz CT molecular complexity index is 272. The van der Waals surface area contributed by atoms with Gasteiger partial charge in [-0.25, -0.2) is 0 Å². The second-order valence-corrected chi connectivity index (χ2v) is 3.01. The SMILES string of the molecule is CC1=CC=C2OCCOC2=CC1. The van der Waals surface area contributed by atoms with Crippen LogP contribution >= 0.6 is 0 Å². The molecule has 2 rings (SSSR count). The predicted octanol–water partition coefficient (Wildman–Crippen LogP) is 2.15. The molecule has 1 aliphatic heterocycles. The van der Waals surface area contributed by atoms with Gasteiger partial charge in [0.05, 0.1) is 0 Å². The minimum absolute atomic E-state index is 0.663. The van der Waals surface area contributed by atoms with Crippen LogP contribution in [0.1, 0.15) is 13.3 Å². The van der Waals surface area contributed by atoms with Crippen LogP contribution in [0.15, 0.2) is 35.3 Å². The Kier molecular flexibility index (Phi) is 1.90. The summed E-state index contributed by atoms with van der Waals surface area (Å²) >= 11 is 0. The molecule has 12 heavy (non-hydrogen) atoms. The summed E-state index contributed by atoms with van der Waals surface area (Å²) in [5, 5.41) is 0. The van der Waals surface area contributed by atoms with E-state index in [9.17, 15) is 0 Å². The Morgan fingerprint density at radius 3 is 2.67 bits per heavy atom. The third-order valence-electron chi connectivity index (χ3n) is 1.97. The summed E-state index contributed by atoms with van der Waals surface area (Å²) in [7, 11) is 0. The van der Waals surface area contributed by atoms with E-state index in [-0.39, 0.29) is 0 Å². The quantitative estimate of drug-likeness (QED) is 0.546. The van der Waals surface area contributed by atoms with Crippen LogP contribution in [0.3, 0.4) is 0 Å². The number of ether oxygens (including phenoxy) is 2. The van der Waals surface area contributed by atoms with Crippen molar-refractivity contribution in [3.8, 4) is 0 Å². The van der Waals surface area contributed by atoms with Gasteiger partial charge in [-0.1, -0.05) is 11.6 Å². The highest BCUT2D eigenvalue weighted by molar-refractivity contribution is 5.31. The van der Waals surface area contributed by atoms with Crippen LogP contribution in [-0.2, 0) is 9.47 Å². The fourth-order valence-corrected chi connectivity index (χ4v) is 1.27. The lowest BCUT2D eigenvalue weighted by atomic mass is 10.2. The lowest BCUT2D eigenvalue weighted by Crippen LogP contribution is -2.13. The van der Waals surface area contributed by atoms with Gasteiger partial charge in [-0.2, -0.15) is 0 Å². The van der Waals surface area contributed by atoms with Crippen LogP contribution in [0.25, 0.3) is 0 Å². The second-order valence-electron chi connectivity index (χ2n) is 3.01. The van der Waals surface area contributed by atoms with Crippen molar-refractivity contribution in [3.05, 3.63) is 35.3 Å². The van der Waals surface area contributed by atoms with Crippen molar-refractivity contribution in [2.24, 2.45) is 0 Å². The molecule has 0 unspecified atom stereocenters. The zero-order valence-electron chi connectivity index (χ0n) is 7.17. The van der Waals surface area contributed by atoms with E-state index in [4.69, 9.17) is 9.47 Å². The highest BCUT2D eigenvalue weighted by Gasteiger charge is 2.14. The average molecular weight is 164 g/mol. The van der Waals surface area contributed by atoms with E-state index in [1.165, 1.54) is 5.57 Å². The molecule has 0 aromatic heterocycles. The van der Waals surface area contributed by atoms with Crippen molar-refractivity contribution in [1.82, 2.24) is 0 Å². The molecule has 0 amide bonds. The highest BCUT2D eigenvalue weighted by atomic mass is 16.6. The van der Waals surface area contributed by atoms with Gasteiger partial charge < -0.3 is 9.47 Å². The monoisotopic (exact) mass is 164 g/mol. The zero-order valence-corrected chi connectivity index (χ0v) is 7.17. The Morgan fingerprint density at radius 1 is 1.08 bits per heavy atom. The first kappa shape index (κ1) is 7.47. The summed E-state index contributed by atoms with van der Waals surface area (Å²) in [6.45, 7) is 3.43. The van der Waals surface area contributed by atoms with Gasteiger partial charge >= 0.3 is 0 Å². The average Bonchev–Trinajstić information content (AvgIpc) is 2.29. The van der Waals surface area contributed by atoms with Crippen molar-refractivity contribution >= 4 is 0 Å². The first-order valence-corrected chi connectivity index (χ1v) is 4.20. The molecule has 2 nitrogen and oxygen atoms in total. The maximum Gasteiger partial charge on any atom is 0.161 e. The Labute approximate surface area is 72.2 Å². The molecule has 0 N–H and O–H groups in total. The Balaban J connectivity index is 2.27. The van der Waals surface area contributed by atoms with Crippen LogP contribution in [0.2, 0.25) is 0 Å². The van der Waals surface area contributed by atoms with Gasteiger partial charge in [0.2, 0.25) is 0 Å². The predicted molar refractivity (Wildman–Crippen MR) is 46.4 cm³/mol. The molecule has 1 heterocycles. The largest absolute Gasteiger partial charge is 0.486 e.